The third-order valence-electron chi connectivity index (χ3n) is 8.60. The number of fused-ring (bicyclic) bond motifs is 3. The molecular weight excluding hydrogens is 489 g/mol. The van der Waals surface area contributed by atoms with Crippen molar-refractivity contribution in [1.29, 1.82) is 0 Å². The van der Waals surface area contributed by atoms with E-state index in [-0.39, 0.29) is 23.7 Å². The Balaban J connectivity index is 1.46. The molecule has 2 aromatic carbocycles. The summed E-state index contributed by atoms with van der Waals surface area (Å²) in [6.45, 7) is 1.84. The van der Waals surface area contributed by atoms with E-state index in [1.807, 2.05) is 49.4 Å². The second-order valence-electron chi connectivity index (χ2n) is 11.1. The molecule has 1 heterocycles. The largest absolute Gasteiger partial charge is 0.390 e. The highest BCUT2D eigenvalue weighted by atomic mass is 19.4. The zero-order chi connectivity index (χ0) is 27.0. The number of benzene rings is 2. The quantitative estimate of drug-likeness (QED) is 0.369. The van der Waals surface area contributed by atoms with Gasteiger partial charge >= 0.3 is 6.18 Å². The monoisotopic (exact) mass is 522 g/mol. The Morgan fingerprint density at radius 1 is 1.11 bits per heavy atom. The Morgan fingerprint density at radius 3 is 2.63 bits per heavy atom. The molecule has 1 unspecified atom stereocenters. The molecule has 2 aliphatic rings. The minimum absolute atomic E-state index is 0.0555. The molecule has 7 heteroatoms. The number of alkyl halides is 3. The number of aromatic nitrogens is 1. The van der Waals surface area contributed by atoms with Gasteiger partial charge in [-0.25, -0.2) is 0 Å². The van der Waals surface area contributed by atoms with Crippen molar-refractivity contribution in [2.24, 2.45) is 5.92 Å². The Kier molecular flexibility index (Phi) is 7.07. The molecule has 1 fully saturated rings. The van der Waals surface area contributed by atoms with E-state index in [0.29, 0.717) is 30.5 Å². The number of anilines is 1. The number of hydrogen-bond donors (Lipinski definition) is 2. The van der Waals surface area contributed by atoms with Crippen molar-refractivity contribution >= 4 is 11.6 Å². The molecule has 0 aliphatic heterocycles. The highest BCUT2D eigenvalue weighted by Crippen LogP contribution is 2.55. The Bertz CT molecular complexity index is 1310. The number of rotatable bonds is 6. The van der Waals surface area contributed by atoms with Gasteiger partial charge in [0.15, 0.2) is 0 Å². The maximum Gasteiger partial charge on any atom is 0.389 e. The van der Waals surface area contributed by atoms with E-state index >= 15 is 0 Å². The van der Waals surface area contributed by atoms with Gasteiger partial charge in [-0.1, -0.05) is 36.4 Å². The van der Waals surface area contributed by atoms with Gasteiger partial charge in [0, 0.05) is 23.6 Å². The molecule has 1 aromatic heterocycles. The summed E-state index contributed by atoms with van der Waals surface area (Å²) in [5.41, 5.74) is 3.80. The fraction of sp³-hybridized carbons (Fsp3) is 0.419. The molecule has 0 spiro atoms. The number of nitrogens with one attached hydrogen (secondary N) is 1. The smallest absolute Gasteiger partial charge is 0.389 e. The second-order valence-corrected chi connectivity index (χ2v) is 11.1. The van der Waals surface area contributed by atoms with E-state index in [2.05, 4.69) is 22.4 Å². The van der Waals surface area contributed by atoms with Crippen LogP contribution in [0, 0.1) is 12.8 Å². The van der Waals surface area contributed by atoms with Crippen LogP contribution in [0.4, 0.5) is 18.9 Å². The van der Waals surface area contributed by atoms with Gasteiger partial charge in [-0.3, -0.25) is 9.78 Å². The van der Waals surface area contributed by atoms with Gasteiger partial charge in [0.1, 0.15) is 0 Å². The molecule has 200 valence electrons. The standard InChI is InChI=1S/C31H33F3N2O2/c1-21-27(8-5-17-35-21)36-28(37)24-10-12-26-23(18-24)9-11-25-20-29(38,14-16-31(32,33)34)13-15-30(25,26)19-22-6-3-2-4-7-22/h2-8,10,12,17-18,25,38H,9,11,13-16,19-20H2,1H3,(H,36,37)/t25?,29-,30-/m0/s1. The van der Waals surface area contributed by atoms with Crippen molar-refractivity contribution in [3.63, 3.8) is 0 Å². The van der Waals surface area contributed by atoms with Crippen molar-refractivity contribution in [3.05, 3.63) is 94.8 Å². The first-order chi connectivity index (χ1) is 18.1. The minimum Gasteiger partial charge on any atom is -0.390 e. The fourth-order valence-corrected chi connectivity index (χ4v) is 6.61. The van der Waals surface area contributed by atoms with E-state index < -0.39 is 18.2 Å². The number of halogens is 3. The SMILES string of the molecule is Cc1ncccc1NC(=O)c1ccc2c(c1)CCC1C[C@@](O)(CCC(F)(F)F)CC[C@@]21Cc1ccccc1. The molecule has 2 aliphatic carbocycles. The van der Waals surface area contributed by atoms with Crippen molar-refractivity contribution in [3.8, 4) is 0 Å². The molecule has 2 N–H and O–H groups in total. The van der Waals surface area contributed by atoms with Crippen LogP contribution in [-0.2, 0) is 18.3 Å². The molecule has 1 saturated carbocycles. The topological polar surface area (TPSA) is 62.2 Å². The predicted molar refractivity (Wildman–Crippen MR) is 141 cm³/mol. The highest BCUT2D eigenvalue weighted by molar-refractivity contribution is 6.04. The summed E-state index contributed by atoms with van der Waals surface area (Å²) in [5.74, 6) is -0.145. The zero-order valence-corrected chi connectivity index (χ0v) is 21.5. The van der Waals surface area contributed by atoms with Crippen LogP contribution >= 0.6 is 0 Å². The molecule has 0 bridgehead atoms. The van der Waals surface area contributed by atoms with Gasteiger partial charge < -0.3 is 10.4 Å². The average Bonchev–Trinajstić information content (AvgIpc) is 2.89. The average molecular weight is 523 g/mol. The lowest BCUT2D eigenvalue weighted by molar-refractivity contribution is -0.153. The van der Waals surface area contributed by atoms with Crippen LogP contribution in [0.1, 0.15) is 71.3 Å². The molecule has 0 radical (unpaired) electrons. The number of carbonyl (C=O) groups is 1. The van der Waals surface area contributed by atoms with Crippen molar-refractivity contribution < 1.29 is 23.1 Å². The van der Waals surface area contributed by atoms with E-state index in [0.717, 1.165) is 36.1 Å². The fourth-order valence-electron chi connectivity index (χ4n) is 6.61. The number of amides is 1. The summed E-state index contributed by atoms with van der Waals surface area (Å²) in [6, 6.07) is 19.6. The van der Waals surface area contributed by atoms with Gasteiger partial charge in [0.25, 0.3) is 5.91 Å². The molecule has 1 amide bonds. The second kappa shape index (κ2) is 10.2. The first kappa shape index (κ1) is 26.4. The van der Waals surface area contributed by atoms with Crippen LogP contribution in [0.25, 0.3) is 0 Å². The lowest BCUT2D eigenvalue weighted by Crippen LogP contribution is -2.51. The first-order valence-electron chi connectivity index (χ1n) is 13.3. The molecule has 4 nitrogen and oxygen atoms in total. The summed E-state index contributed by atoms with van der Waals surface area (Å²) in [4.78, 5) is 17.3. The Hall–Kier alpha value is -3.19. The van der Waals surface area contributed by atoms with Crippen LogP contribution in [0.5, 0.6) is 0 Å². The van der Waals surface area contributed by atoms with Crippen molar-refractivity contribution in [2.45, 2.75) is 75.5 Å². The molecule has 3 aromatic rings. The Labute approximate surface area is 221 Å². The van der Waals surface area contributed by atoms with Crippen LogP contribution in [0.15, 0.2) is 66.9 Å². The van der Waals surface area contributed by atoms with E-state index in [4.69, 9.17) is 0 Å². The minimum atomic E-state index is -4.28. The van der Waals surface area contributed by atoms with Crippen LogP contribution in [-0.4, -0.2) is 27.8 Å². The van der Waals surface area contributed by atoms with Gasteiger partial charge in [-0.15, -0.1) is 0 Å². The lowest BCUT2D eigenvalue weighted by Gasteiger charge is -2.53. The molecule has 38 heavy (non-hydrogen) atoms. The maximum absolute atomic E-state index is 13.1. The van der Waals surface area contributed by atoms with Gasteiger partial charge in [-0.05, 0) is 98.7 Å². The zero-order valence-electron chi connectivity index (χ0n) is 21.5. The van der Waals surface area contributed by atoms with Crippen LogP contribution < -0.4 is 5.32 Å². The summed E-state index contributed by atoms with van der Waals surface area (Å²) in [6.07, 6.45) is -0.289. The van der Waals surface area contributed by atoms with Crippen molar-refractivity contribution in [1.82, 2.24) is 4.98 Å². The third-order valence-corrected chi connectivity index (χ3v) is 8.60. The van der Waals surface area contributed by atoms with Crippen LogP contribution in [0.3, 0.4) is 0 Å². The lowest BCUT2D eigenvalue weighted by atomic mass is 9.52. The maximum atomic E-state index is 13.1. The normalized spacial score (nSPS) is 24.8. The van der Waals surface area contributed by atoms with Crippen LogP contribution in [0.2, 0.25) is 0 Å². The Morgan fingerprint density at radius 2 is 1.89 bits per heavy atom. The molecule has 3 atom stereocenters. The summed E-state index contributed by atoms with van der Waals surface area (Å²) in [7, 11) is 0. The summed E-state index contributed by atoms with van der Waals surface area (Å²) >= 11 is 0. The molecule has 0 saturated heterocycles. The number of hydrogen-bond acceptors (Lipinski definition) is 3. The van der Waals surface area contributed by atoms with Crippen molar-refractivity contribution in [2.75, 3.05) is 5.32 Å². The molecular formula is C31H33F3N2O2. The summed E-state index contributed by atoms with van der Waals surface area (Å²) in [5, 5.41) is 14.2. The van der Waals surface area contributed by atoms with E-state index in [1.165, 1.54) is 5.56 Å². The van der Waals surface area contributed by atoms with E-state index in [1.54, 1.807) is 12.3 Å². The first-order valence-corrected chi connectivity index (χ1v) is 13.3. The third kappa shape index (κ3) is 5.48. The van der Waals surface area contributed by atoms with Gasteiger partial charge in [0.2, 0.25) is 0 Å². The number of carbonyl (C=O) groups excluding carboxylic acids is 1. The summed E-state index contributed by atoms with van der Waals surface area (Å²) < 4.78 is 39.0. The highest BCUT2D eigenvalue weighted by Gasteiger charge is 2.52. The predicted octanol–water partition coefficient (Wildman–Crippen LogP) is 6.94. The number of aliphatic hydroxyl groups is 1. The van der Waals surface area contributed by atoms with Gasteiger partial charge in [-0.2, -0.15) is 13.2 Å². The number of nitrogens with zero attached hydrogens (tertiary/aromatic N) is 1. The van der Waals surface area contributed by atoms with E-state index in [9.17, 15) is 23.1 Å². The number of aryl methyl sites for hydroxylation is 2. The number of pyridine rings is 1. The molecule has 5 rings (SSSR count). The van der Waals surface area contributed by atoms with Gasteiger partial charge in [0.05, 0.1) is 17.0 Å².